The Balaban J connectivity index is 2.11. The van der Waals surface area contributed by atoms with Gasteiger partial charge in [0.2, 0.25) is 0 Å². The van der Waals surface area contributed by atoms with E-state index in [0.29, 0.717) is 0 Å². The van der Waals surface area contributed by atoms with Crippen LogP contribution in [0.5, 0.6) is 0 Å². The first-order valence-corrected chi connectivity index (χ1v) is 15.1. The molecule has 5 rings (SSSR count). The molecule has 43 heavy (non-hydrogen) atoms. The summed E-state index contributed by atoms with van der Waals surface area (Å²) in [6, 6.07) is 0. The van der Waals surface area contributed by atoms with Crippen molar-refractivity contribution in [3.05, 3.63) is 33.1 Å². The Morgan fingerprint density at radius 3 is 1.56 bits per heavy atom. The topological polar surface area (TPSA) is 68.3 Å². The highest BCUT2D eigenvalue weighted by molar-refractivity contribution is 8.15. The Labute approximate surface area is 232 Å². The van der Waals surface area contributed by atoms with Crippen LogP contribution in [0.1, 0.15) is 38.5 Å². The predicted molar refractivity (Wildman–Crippen MR) is 115 cm³/mol. The van der Waals surface area contributed by atoms with Gasteiger partial charge in [-0.15, -0.1) is 0 Å². The summed E-state index contributed by atoms with van der Waals surface area (Å²) in [5.41, 5.74) is -12.8. The fraction of sp³-hybridized carbons (Fsp3) is 0.727. The Kier molecular flexibility index (Phi) is 7.53. The van der Waals surface area contributed by atoms with Crippen molar-refractivity contribution in [2.24, 2.45) is 17.3 Å². The summed E-state index contributed by atoms with van der Waals surface area (Å²) in [6.45, 7) is 0. The molecule has 3 atom stereocenters. The number of alkyl halides is 11. The molecule has 0 aromatic carbocycles. The van der Waals surface area contributed by atoms with Crippen LogP contribution in [-0.4, -0.2) is 57.7 Å². The standard InChI is InChI=1S/C22H17F15O4S2/c23-11-10(12(24)14(26)15(27)13(11)25)16(42(38,39)7-19(20(29,30)31,21(32,33)34)22(35,36)37)43(40,41)18-4-8-1-9(5-18)3-17(28,2-8)6-18/h8-9,11H,1-7H2/b16-10+. The molecule has 0 aromatic rings. The molecule has 4 saturated carbocycles. The van der Waals surface area contributed by atoms with E-state index in [9.17, 15) is 78.3 Å². The molecule has 0 N–H and O–H groups in total. The molecule has 0 amide bonds. The van der Waals surface area contributed by atoms with Crippen LogP contribution >= 0.6 is 0 Å². The maximum absolute atomic E-state index is 15.5. The summed E-state index contributed by atoms with van der Waals surface area (Å²) in [5.74, 6) is -18.9. The fourth-order valence-corrected chi connectivity index (χ4v) is 13.0. The van der Waals surface area contributed by atoms with Crippen LogP contribution in [0.4, 0.5) is 65.9 Å². The molecule has 0 aromatic heterocycles. The Morgan fingerprint density at radius 2 is 1.16 bits per heavy atom. The Bertz CT molecular complexity index is 1480. The number of hydrogen-bond acceptors (Lipinski definition) is 4. The lowest BCUT2D eigenvalue weighted by Crippen LogP contribution is -2.64. The molecule has 0 aliphatic heterocycles. The van der Waals surface area contributed by atoms with E-state index in [1.54, 1.807) is 0 Å². The minimum Gasteiger partial charge on any atom is -0.244 e. The first-order chi connectivity index (χ1) is 19.1. The largest absolute Gasteiger partial charge is 0.413 e. The Hall–Kier alpha value is -1.93. The lowest BCUT2D eigenvalue weighted by molar-refractivity contribution is -0.418. The first kappa shape index (κ1) is 34.0. The summed E-state index contributed by atoms with van der Waals surface area (Å²) in [7, 11) is -14.0. The monoisotopic (exact) mass is 694 g/mol. The van der Waals surface area contributed by atoms with Crippen molar-refractivity contribution in [2.75, 3.05) is 5.75 Å². The van der Waals surface area contributed by atoms with E-state index in [0.717, 1.165) is 0 Å². The number of rotatable bonds is 5. The van der Waals surface area contributed by atoms with Crippen LogP contribution in [0, 0.1) is 17.3 Å². The second-order valence-electron chi connectivity index (χ2n) is 11.3. The molecular formula is C22H17F15O4S2. The maximum Gasteiger partial charge on any atom is 0.413 e. The van der Waals surface area contributed by atoms with Gasteiger partial charge < -0.3 is 0 Å². The average molecular weight is 694 g/mol. The fourth-order valence-electron chi connectivity index (χ4n) is 7.00. The van der Waals surface area contributed by atoms with Crippen LogP contribution in [0.2, 0.25) is 0 Å². The van der Waals surface area contributed by atoms with Crippen molar-refractivity contribution in [3.8, 4) is 0 Å². The second-order valence-corrected chi connectivity index (χ2v) is 15.8. The number of halogens is 15. The lowest BCUT2D eigenvalue weighted by Gasteiger charge is -2.58. The van der Waals surface area contributed by atoms with Gasteiger partial charge in [0.25, 0.3) is 5.41 Å². The molecule has 246 valence electrons. The van der Waals surface area contributed by atoms with Crippen LogP contribution in [0.25, 0.3) is 0 Å². The van der Waals surface area contributed by atoms with E-state index in [1.807, 2.05) is 0 Å². The zero-order chi connectivity index (χ0) is 33.1. The summed E-state index contributed by atoms with van der Waals surface area (Å²) in [6.07, 6.45) is -30.8. The second kappa shape index (κ2) is 9.54. The van der Waals surface area contributed by atoms with Crippen LogP contribution in [0.3, 0.4) is 0 Å². The minimum atomic E-state index is -7.63. The Morgan fingerprint density at radius 1 is 0.721 bits per heavy atom. The molecule has 4 fully saturated rings. The van der Waals surface area contributed by atoms with Gasteiger partial charge in [0.15, 0.2) is 53.4 Å². The maximum atomic E-state index is 15.5. The number of sulfone groups is 2. The molecule has 3 unspecified atom stereocenters. The first-order valence-electron chi connectivity index (χ1n) is 11.9. The predicted octanol–water partition coefficient (Wildman–Crippen LogP) is 7.41. The summed E-state index contributed by atoms with van der Waals surface area (Å²) >= 11 is 0. The highest BCUT2D eigenvalue weighted by Crippen LogP contribution is 2.65. The molecular weight excluding hydrogens is 677 g/mol. The van der Waals surface area contributed by atoms with Crippen molar-refractivity contribution < 1.29 is 82.7 Å². The third-order valence-electron chi connectivity index (χ3n) is 8.42. The van der Waals surface area contributed by atoms with E-state index in [4.69, 9.17) is 0 Å². The van der Waals surface area contributed by atoms with Gasteiger partial charge in [-0.25, -0.2) is 43.2 Å². The van der Waals surface area contributed by atoms with E-state index in [-0.39, 0.29) is 19.3 Å². The van der Waals surface area contributed by atoms with Crippen molar-refractivity contribution in [1.82, 2.24) is 0 Å². The van der Waals surface area contributed by atoms with Crippen molar-refractivity contribution in [3.63, 3.8) is 0 Å². The average Bonchev–Trinajstić information content (AvgIpc) is 2.78. The van der Waals surface area contributed by atoms with Crippen LogP contribution < -0.4 is 0 Å². The molecule has 5 aliphatic carbocycles. The highest BCUT2D eigenvalue weighted by atomic mass is 32.3. The molecule has 21 heteroatoms. The van der Waals surface area contributed by atoms with Crippen LogP contribution in [0.15, 0.2) is 33.1 Å². The summed E-state index contributed by atoms with van der Waals surface area (Å²) in [4.78, 5) is 0. The van der Waals surface area contributed by atoms with Crippen molar-refractivity contribution >= 4 is 19.7 Å². The minimum absolute atomic E-state index is 0.0815. The van der Waals surface area contributed by atoms with Gasteiger partial charge in [-0.1, -0.05) is 0 Å². The van der Waals surface area contributed by atoms with Crippen molar-refractivity contribution in [1.29, 1.82) is 0 Å². The quantitative estimate of drug-likeness (QED) is 0.281. The summed E-state index contributed by atoms with van der Waals surface area (Å²) < 4.78 is 258. The zero-order valence-electron chi connectivity index (χ0n) is 20.8. The van der Waals surface area contributed by atoms with E-state index in [1.165, 1.54) is 0 Å². The van der Waals surface area contributed by atoms with E-state index >= 15 is 4.39 Å². The van der Waals surface area contributed by atoms with E-state index < -0.39 is 130 Å². The zero-order valence-corrected chi connectivity index (χ0v) is 22.4. The van der Waals surface area contributed by atoms with Gasteiger partial charge in [-0.3, -0.25) is 0 Å². The van der Waals surface area contributed by atoms with E-state index in [2.05, 4.69) is 0 Å². The number of hydrogen-bond donors (Lipinski definition) is 0. The number of allylic oxidation sites excluding steroid dienone is 5. The smallest absolute Gasteiger partial charge is 0.244 e. The lowest BCUT2D eigenvalue weighted by atomic mass is 9.54. The van der Waals surface area contributed by atoms with Gasteiger partial charge in [-0.05, 0) is 43.9 Å². The molecule has 0 spiro atoms. The van der Waals surface area contributed by atoms with Gasteiger partial charge in [-0.2, -0.15) is 39.5 Å². The van der Waals surface area contributed by atoms with Gasteiger partial charge >= 0.3 is 18.5 Å². The normalized spacial score (nSPS) is 33.9. The van der Waals surface area contributed by atoms with Gasteiger partial charge in [0, 0.05) is 6.42 Å². The van der Waals surface area contributed by atoms with Gasteiger partial charge in [0.1, 0.15) is 5.67 Å². The SMILES string of the molecule is O=S(=O)(CC(C(F)(F)F)(C(F)(F)F)C(F)(F)F)/C(=C1\C(F)=C(F)C(F)=C(F)C1F)S(=O)(=O)C12CC3CC(CC(F)(C3)C1)C2. The highest BCUT2D eigenvalue weighted by Gasteiger charge is 2.85. The molecule has 4 nitrogen and oxygen atoms in total. The summed E-state index contributed by atoms with van der Waals surface area (Å²) in [5, 5.41) is 0. The molecule has 4 bridgehead atoms. The van der Waals surface area contributed by atoms with Crippen molar-refractivity contribution in [2.45, 2.75) is 73.6 Å². The molecule has 0 heterocycles. The molecule has 0 radical (unpaired) electrons. The third-order valence-corrected chi connectivity index (χ3v) is 13.8. The molecule has 0 saturated heterocycles. The van der Waals surface area contributed by atoms with Crippen LogP contribution in [-0.2, 0) is 19.7 Å². The van der Waals surface area contributed by atoms with Gasteiger partial charge in [0.05, 0.1) is 16.1 Å². The molecule has 5 aliphatic rings. The third kappa shape index (κ3) is 4.79.